The number of phosphoric ester groups is 1. The topological polar surface area (TPSA) is 120 Å². The van der Waals surface area contributed by atoms with Crippen LogP contribution in [0.1, 0.15) is 11.8 Å². The summed E-state index contributed by atoms with van der Waals surface area (Å²) >= 11 is 0. The number of H-pyrrole nitrogens is 1. The molecule has 2 heterocycles. The molecule has 2 N–H and O–H groups in total. The molecule has 0 saturated carbocycles. The van der Waals surface area contributed by atoms with E-state index in [-0.39, 0.29) is 12.4 Å². The summed E-state index contributed by atoms with van der Waals surface area (Å²) in [5, 5.41) is 0. The van der Waals surface area contributed by atoms with Crippen LogP contribution >= 0.6 is 7.82 Å². The highest BCUT2D eigenvalue weighted by molar-refractivity contribution is 7.47. The second-order valence-corrected chi connectivity index (χ2v) is 6.98. The average Bonchev–Trinajstić information content (AvgIpc) is 3.06. The maximum Gasteiger partial charge on any atom is 0.527 e. The Labute approximate surface area is 148 Å². The van der Waals surface area contributed by atoms with Gasteiger partial charge >= 0.3 is 13.5 Å². The molecule has 0 bridgehead atoms. The molecule has 1 aliphatic rings. The van der Waals surface area contributed by atoms with Crippen molar-refractivity contribution in [1.82, 2.24) is 9.55 Å². The molecule has 26 heavy (non-hydrogen) atoms. The molecule has 0 radical (unpaired) electrons. The van der Waals surface area contributed by atoms with E-state index in [1.807, 2.05) is 0 Å². The van der Waals surface area contributed by atoms with Crippen molar-refractivity contribution in [2.45, 2.75) is 19.3 Å². The number of aromatic amines is 1. The molecule has 1 unspecified atom stereocenters. The first-order valence-corrected chi connectivity index (χ1v) is 9.21. The number of aromatic nitrogens is 2. The largest absolute Gasteiger partial charge is 0.527 e. The number of nitrogens with one attached hydrogen (secondary N) is 1. The lowest BCUT2D eigenvalue weighted by atomic mass is 10.3. The van der Waals surface area contributed by atoms with Crippen LogP contribution in [0.2, 0.25) is 0 Å². The van der Waals surface area contributed by atoms with E-state index in [4.69, 9.17) is 13.8 Å². The number of aryl methyl sites for hydroxylation is 1. The van der Waals surface area contributed by atoms with E-state index in [1.54, 1.807) is 37.3 Å². The van der Waals surface area contributed by atoms with Crippen molar-refractivity contribution in [1.29, 1.82) is 0 Å². The van der Waals surface area contributed by atoms with Gasteiger partial charge in [0.25, 0.3) is 5.56 Å². The molecule has 2 aromatic rings. The van der Waals surface area contributed by atoms with Crippen LogP contribution < -0.4 is 15.8 Å². The van der Waals surface area contributed by atoms with Crippen molar-refractivity contribution in [3.8, 4) is 5.75 Å². The summed E-state index contributed by atoms with van der Waals surface area (Å²) in [7, 11) is -4.31. The maximum atomic E-state index is 12.0. The fourth-order valence-electron chi connectivity index (χ4n) is 2.33. The van der Waals surface area contributed by atoms with Crippen molar-refractivity contribution in [2.75, 3.05) is 6.61 Å². The fourth-order valence-corrected chi connectivity index (χ4v) is 3.10. The van der Waals surface area contributed by atoms with E-state index in [1.165, 1.54) is 22.9 Å². The predicted molar refractivity (Wildman–Crippen MR) is 92.0 cm³/mol. The molecule has 3 atom stereocenters. The lowest BCUT2D eigenvalue weighted by Crippen LogP contribution is -2.33. The minimum atomic E-state index is -4.31. The zero-order valence-corrected chi connectivity index (χ0v) is 14.7. The van der Waals surface area contributed by atoms with Crippen LogP contribution in [0.3, 0.4) is 0 Å². The van der Waals surface area contributed by atoms with Gasteiger partial charge in [0.1, 0.15) is 11.9 Å². The molecule has 0 fully saturated rings. The normalized spacial score (nSPS) is 21.5. The first kappa shape index (κ1) is 18.3. The van der Waals surface area contributed by atoms with Crippen LogP contribution in [0, 0.1) is 6.92 Å². The summed E-state index contributed by atoms with van der Waals surface area (Å²) in [6.07, 6.45) is 3.17. The van der Waals surface area contributed by atoms with Crippen LogP contribution in [0.15, 0.2) is 58.3 Å². The van der Waals surface area contributed by atoms with E-state index in [2.05, 4.69) is 4.98 Å². The molecule has 0 spiro atoms. The van der Waals surface area contributed by atoms with Crippen LogP contribution in [0.4, 0.5) is 0 Å². The van der Waals surface area contributed by atoms with Gasteiger partial charge in [-0.3, -0.25) is 23.8 Å². The number of hydrogen-bond acceptors (Lipinski definition) is 6. The van der Waals surface area contributed by atoms with E-state index >= 15 is 0 Å². The quantitative estimate of drug-likeness (QED) is 0.575. The summed E-state index contributed by atoms with van der Waals surface area (Å²) in [6.45, 7) is 1.32. The molecular weight excluding hydrogens is 363 g/mol. The molecule has 138 valence electrons. The van der Waals surface area contributed by atoms with Gasteiger partial charge in [-0.15, -0.1) is 0 Å². The predicted octanol–water partition coefficient (Wildman–Crippen LogP) is 1.49. The van der Waals surface area contributed by atoms with Crippen LogP contribution in [0.5, 0.6) is 5.75 Å². The Morgan fingerprint density at radius 1 is 1.27 bits per heavy atom. The Morgan fingerprint density at radius 2 is 2.00 bits per heavy atom. The summed E-state index contributed by atoms with van der Waals surface area (Å²) in [5.74, 6) is 0.203. The highest BCUT2D eigenvalue weighted by Gasteiger charge is 2.28. The molecule has 9 nitrogen and oxygen atoms in total. The van der Waals surface area contributed by atoms with Crippen LogP contribution in [0.25, 0.3) is 0 Å². The Morgan fingerprint density at radius 3 is 2.73 bits per heavy atom. The summed E-state index contributed by atoms with van der Waals surface area (Å²) < 4.78 is 28.6. The van der Waals surface area contributed by atoms with Crippen molar-refractivity contribution in [2.24, 2.45) is 0 Å². The van der Waals surface area contributed by atoms with Crippen molar-refractivity contribution >= 4 is 7.82 Å². The first-order chi connectivity index (χ1) is 12.3. The molecule has 0 aliphatic carbocycles. The van der Waals surface area contributed by atoms with Gasteiger partial charge in [-0.25, -0.2) is 9.36 Å². The third-order valence-corrected chi connectivity index (χ3v) is 4.51. The molecule has 0 amide bonds. The smallest absolute Gasteiger partial charge is 0.404 e. The van der Waals surface area contributed by atoms with E-state index < -0.39 is 31.4 Å². The van der Waals surface area contributed by atoms with Gasteiger partial charge < -0.3 is 9.26 Å². The van der Waals surface area contributed by atoms with Gasteiger partial charge in [-0.1, -0.05) is 24.3 Å². The summed E-state index contributed by atoms with van der Waals surface area (Å²) in [5.41, 5.74) is -0.720. The molecule has 1 aromatic heterocycles. The Bertz CT molecular complexity index is 967. The monoisotopic (exact) mass is 380 g/mol. The Balaban J connectivity index is 1.59. The minimum Gasteiger partial charge on any atom is -0.404 e. The molecule has 0 saturated heterocycles. The third kappa shape index (κ3) is 4.39. The highest BCUT2D eigenvalue weighted by atomic mass is 31.2. The van der Waals surface area contributed by atoms with E-state index in [9.17, 15) is 19.0 Å². The number of ether oxygens (including phenoxy) is 1. The molecular formula is C16H17N2O7P. The van der Waals surface area contributed by atoms with Gasteiger partial charge in [-0.2, -0.15) is 0 Å². The Kier molecular flexibility index (Phi) is 5.24. The third-order valence-electron chi connectivity index (χ3n) is 3.59. The number of para-hydroxylation sites is 1. The second kappa shape index (κ2) is 7.43. The van der Waals surface area contributed by atoms with Crippen molar-refractivity contribution in [3.63, 3.8) is 0 Å². The number of nitrogens with zero attached hydrogens (tertiary/aromatic N) is 1. The second-order valence-electron chi connectivity index (χ2n) is 5.60. The molecule has 10 heteroatoms. The van der Waals surface area contributed by atoms with Gasteiger partial charge in [-0.05, 0) is 25.1 Å². The lowest BCUT2D eigenvalue weighted by Gasteiger charge is -2.18. The van der Waals surface area contributed by atoms with Crippen molar-refractivity contribution in [3.05, 3.63) is 75.1 Å². The van der Waals surface area contributed by atoms with Gasteiger partial charge in [0.2, 0.25) is 0 Å². The van der Waals surface area contributed by atoms with E-state index in [0.717, 1.165) is 0 Å². The fraction of sp³-hybridized carbons (Fsp3) is 0.250. The standard InChI is InChI=1S/C16H17N2O7P/c1-11-9-18(16(20)17-15(11)19)14-8-7-13(24-14)10-23-26(21,22)25-12-5-3-2-4-6-12/h2-9,13-14H,10H2,1H3,(H,21,22)(H,17,19,20)/t13-,14+/m0/s1. The number of benzene rings is 1. The zero-order valence-electron chi connectivity index (χ0n) is 13.8. The number of hydrogen-bond donors (Lipinski definition) is 2. The average molecular weight is 380 g/mol. The highest BCUT2D eigenvalue weighted by Crippen LogP contribution is 2.44. The maximum absolute atomic E-state index is 12.0. The van der Waals surface area contributed by atoms with E-state index in [0.29, 0.717) is 5.56 Å². The molecule has 3 rings (SSSR count). The van der Waals surface area contributed by atoms with Gasteiger partial charge in [0.05, 0.1) is 6.61 Å². The zero-order chi connectivity index (χ0) is 18.7. The van der Waals surface area contributed by atoms with Crippen LogP contribution in [-0.4, -0.2) is 27.2 Å². The first-order valence-electron chi connectivity index (χ1n) is 7.72. The number of rotatable bonds is 6. The van der Waals surface area contributed by atoms with Gasteiger partial charge in [0.15, 0.2) is 6.23 Å². The summed E-state index contributed by atoms with van der Waals surface area (Å²) in [6, 6.07) is 8.12. The van der Waals surface area contributed by atoms with Crippen molar-refractivity contribution < 1.29 is 23.2 Å². The Hall–Kier alpha value is -2.45. The SMILES string of the molecule is Cc1cn([C@H]2C=C[C@@H](COP(=O)(O)Oc3ccccc3)O2)c(=O)[nH]c1=O. The molecule has 1 aliphatic heterocycles. The summed E-state index contributed by atoms with van der Waals surface area (Å²) in [4.78, 5) is 35.2. The molecule has 1 aromatic carbocycles. The van der Waals surface area contributed by atoms with Gasteiger partial charge in [0, 0.05) is 11.8 Å². The lowest BCUT2D eigenvalue weighted by molar-refractivity contribution is -0.00997. The number of phosphoric acid groups is 1. The minimum absolute atomic E-state index is 0.203. The van der Waals surface area contributed by atoms with Crippen LogP contribution in [-0.2, 0) is 13.8 Å².